The summed E-state index contributed by atoms with van der Waals surface area (Å²) in [7, 11) is 0. The summed E-state index contributed by atoms with van der Waals surface area (Å²) in [5.74, 6) is -0.879. The Bertz CT molecular complexity index is 1160. The van der Waals surface area contributed by atoms with E-state index in [-0.39, 0.29) is 23.0 Å². The van der Waals surface area contributed by atoms with Crippen LogP contribution in [0, 0.1) is 29.9 Å². The maximum Gasteiger partial charge on any atom is 0.232 e. The highest BCUT2D eigenvalue weighted by Crippen LogP contribution is 2.55. The van der Waals surface area contributed by atoms with Gasteiger partial charge in [0.05, 0.1) is 28.1 Å². The minimum Gasteiger partial charge on any atom is -0.224 e. The molecular formula is C22H17F2N5. The highest BCUT2D eigenvalue weighted by Gasteiger charge is 2.49. The molecule has 0 spiro atoms. The first-order valence-electron chi connectivity index (χ1n) is 9.60. The van der Waals surface area contributed by atoms with Crippen molar-refractivity contribution in [2.24, 2.45) is 0 Å². The van der Waals surface area contributed by atoms with Crippen molar-refractivity contribution in [2.75, 3.05) is 0 Å². The zero-order valence-corrected chi connectivity index (χ0v) is 15.8. The monoisotopic (exact) mass is 389 g/mol. The molecule has 3 aliphatic carbocycles. The van der Waals surface area contributed by atoms with E-state index < -0.39 is 17.0 Å². The van der Waals surface area contributed by atoms with E-state index in [1.807, 2.05) is 19.1 Å². The molecule has 0 atom stereocenters. The zero-order chi connectivity index (χ0) is 20.2. The molecule has 0 amide bonds. The topological polar surface area (TPSA) is 75.3 Å². The Balaban J connectivity index is 1.69. The Kier molecular flexibility index (Phi) is 3.91. The van der Waals surface area contributed by atoms with Gasteiger partial charge in [-0.2, -0.15) is 10.4 Å². The lowest BCUT2D eigenvalue weighted by Gasteiger charge is -2.46. The largest absolute Gasteiger partial charge is 0.232 e. The van der Waals surface area contributed by atoms with E-state index >= 15 is 0 Å². The summed E-state index contributed by atoms with van der Waals surface area (Å²) in [6.07, 6.45) is 3.58. The van der Waals surface area contributed by atoms with Crippen LogP contribution in [0.5, 0.6) is 0 Å². The van der Waals surface area contributed by atoms with Gasteiger partial charge < -0.3 is 0 Å². The van der Waals surface area contributed by atoms with Gasteiger partial charge in [-0.3, -0.25) is 0 Å². The molecule has 0 unspecified atom stereocenters. The van der Waals surface area contributed by atoms with Gasteiger partial charge in [-0.25, -0.2) is 18.7 Å². The quantitative estimate of drug-likeness (QED) is 0.651. The number of benzene rings is 1. The fourth-order valence-corrected chi connectivity index (χ4v) is 4.85. The lowest BCUT2D eigenvalue weighted by Crippen LogP contribution is -2.41. The number of aryl methyl sites for hydroxylation is 1. The first-order chi connectivity index (χ1) is 14.0. The number of hydrogen-bond acceptors (Lipinski definition) is 5. The lowest BCUT2D eigenvalue weighted by molar-refractivity contribution is 0.263. The van der Waals surface area contributed by atoms with Crippen LogP contribution in [0.3, 0.4) is 0 Å². The number of hydrogen-bond donors (Lipinski definition) is 0. The molecule has 3 aromatic rings. The molecule has 2 aromatic heterocycles. The summed E-state index contributed by atoms with van der Waals surface area (Å²) < 4.78 is 28.5. The average molecular weight is 389 g/mol. The van der Waals surface area contributed by atoms with Crippen LogP contribution in [0.15, 0.2) is 30.3 Å². The summed E-state index contributed by atoms with van der Waals surface area (Å²) in [6.45, 7) is 1.84. The van der Waals surface area contributed by atoms with Crippen molar-refractivity contribution in [1.29, 1.82) is 5.26 Å². The number of aromatic nitrogens is 4. The van der Waals surface area contributed by atoms with Crippen molar-refractivity contribution in [3.8, 4) is 17.3 Å². The molecule has 29 heavy (non-hydrogen) atoms. The van der Waals surface area contributed by atoms with E-state index in [0.29, 0.717) is 0 Å². The Morgan fingerprint density at radius 2 is 1.79 bits per heavy atom. The van der Waals surface area contributed by atoms with Gasteiger partial charge in [0.2, 0.25) is 5.82 Å². The van der Waals surface area contributed by atoms with Crippen LogP contribution in [0.2, 0.25) is 0 Å². The minimum absolute atomic E-state index is 0.140. The summed E-state index contributed by atoms with van der Waals surface area (Å²) in [6, 6.07) is 9.49. The predicted molar refractivity (Wildman–Crippen MR) is 101 cm³/mol. The second-order valence-electron chi connectivity index (χ2n) is 7.82. The van der Waals surface area contributed by atoms with Crippen LogP contribution in [-0.2, 0) is 5.41 Å². The normalized spacial score (nSPS) is 22.2. The van der Waals surface area contributed by atoms with Crippen molar-refractivity contribution < 1.29 is 8.78 Å². The van der Waals surface area contributed by atoms with Crippen molar-refractivity contribution in [3.05, 3.63) is 70.4 Å². The summed E-state index contributed by atoms with van der Waals surface area (Å²) in [5.41, 5.74) is 2.91. The van der Waals surface area contributed by atoms with Gasteiger partial charge in [-0.1, -0.05) is 6.07 Å². The average Bonchev–Trinajstić information content (AvgIpc) is 2.74. The van der Waals surface area contributed by atoms with Crippen molar-refractivity contribution >= 4 is 0 Å². The van der Waals surface area contributed by atoms with E-state index in [0.717, 1.165) is 48.3 Å². The summed E-state index contributed by atoms with van der Waals surface area (Å²) in [5, 5.41) is 18.0. The van der Waals surface area contributed by atoms with Crippen LogP contribution < -0.4 is 0 Å². The molecule has 5 nitrogen and oxygen atoms in total. The molecule has 1 saturated carbocycles. The SMILES string of the molecule is Cc1cc([C@]23CC[C@H](CC2)c2cc(-c4c(F)cccc4F)nnc23)nc(C#N)n1. The molecule has 7 heteroatoms. The van der Waals surface area contributed by atoms with Crippen molar-refractivity contribution in [1.82, 2.24) is 20.2 Å². The fraction of sp³-hybridized carbons (Fsp3) is 0.318. The second kappa shape index (κ2) is 6.38. The Labute approximate surface area is 166 Å². The van der Waals surface area contributed by atoms with Gasteiger partial charge >= 0.3 is 0 Å². The van der Waals surface area contributed by atoms with E-state index in [1.54, 1.807) is 6.07 Å². The third-order valence-electron chi connectivity index (χ3n) is 6.22. The molecule has 0 aliphatic heterocycles. The van der Waals surface area contributed by atoms with E-state index in [1.165, 1.54) is 18.2 Å². The molecule has 0 saturated heterocycles. The first-order valence-corrected chi connectivity index (χ1v) is 9.60. The number of halogens is 2. The number of rotatable bonds is 2. The maximum absolute atomic E-state index is 14.3. The maximum atomic E-state index is 14.3. The van der Waals surface area contributed by atoms with Gasteiger partial charge in [-0.15, -0.1) is 5.10 Å². The fourth-order valence-electron chi connectivity index (χ4n) is 4.85. The number of nitrogens with zero attached hydrogens (tertiary/aromatic N) is 5. The Hall–Kier alpha value is -3.27. The molecule has 6 rings (SSSR count). The highest BCUT2D eigenvalue weighted by molar-refractivity contribution is 5.62. The molecule has 1 aromatic carbocycles. The molecule has 2 heterocycles. The van der Waals surface area contributed by atoms with Crippen LogP contribution in [0.1, 0.15) is 60.1 Å². The second-order valence-corrected chi connectivity index (χ2v) is 7.82. The van der Waals surface area contributed by atoms with Crippen molar-refractivity contribution in [2.45, 2.75) is 43.9 Å². The standard InChI is InChI=1S/C22H17F2N5/c1-12-9-18(27-19(11-25)26-12)22-7-5-13(6-8-22)14-10-17(28-29-21(14)22)20-15(23)3-2-4-16(20)24/h2-4,9-10,13H,5-8H2,1H3/t13-,22+. The molecule has 1 fully saturated rings. The lowest BCUT2D eigenvalue weighted by atomic mass is 9.58. The van der Waals surface area contributed by atoms with Crippen LogP contribution in [0.25, 0.3) is 11.3 Å². The number of fused-ring (bicyclic) bond motifs is 2. The third kappa shape index (κ3) is 2.63. The smallest absolute Gasteiger partial charge is 0.224 e. The highest BCUT2D eigenvalue weighted by atomic mass is 19.1. The molecule has 0 N–H and O–H groups in total. The number of nitriles is 1. The third-order valence-corrected chi connectivity index (χ3v) is 6.22. The van der Waals surface area contributed by atoms with E-state index in [9.17, 15) is 14.0 Å². The first kappa shape index (κ1) is 17.8. The molecular weight excluding hydrogens is 372 g/mol. The summed E-state index contributed by atoms with van der Waals surface area (Å²) in [4.78, 5) is 8.65. The zero-order valence-electron chi connectivity index (χ0n) is 15.8. The minimum atomic E-state index is -0.653. The van der Waals surface area contributed by atoms with Gasteiger partial charge in [0.1, 0.15) is 17.7 Å². The summed E-state index contributed by atoms with van der Waals surface area (Å²) >= 11 is 0. The molecule has 2 bridgehead atoms. The van der Waals surface area contributed by atoms with Gasteiger partial charge in [0.25, 0.3) is 0 Å². The van der Waals surface area contributed by atoms with E-state index in [4.69, 9.17) is 0 Å². The van der Waals surface area contributed by atoms with Gasteiger partial charge in [0.15, 0.2) is 0 Å². The molecule has 0 radical (unpaired) electrons. The Morgan fingerprint density at radius 3 is 2.48 bits per heavy atom. The van der Waals surface area contributed by atoms with Crippen LogP contribution >= 0.6 is 0 Å². The van der Waals surface area contributed by atoms with Crippen LogP contribution in [0.4, 0.5) is 8.78 Å². The Morgan fingerprint density at radius 1 is 1.07 bits per heavy atom. The van der Waals surface area contributed by atoms with Crippen molar-refractivity contribution in [3.63, 3.8) is 0 Å². The van der Waals surface area contributed by atoms with E-state index in [2.05, 4.69) is 20.2 Å². The van der Waals surface area contributed by atoms with Gasteiger partial charge in [0, 0.05) is 5.69 Å². The van der Waals surface area contributed by atoms with Crippen LogP contribution in [-0.4, -0.2) is 20.2 Å². The predicted octanol–water partition coefficient (Wildman–Crippen LogP) is 4.35. The molecule has 144 valence electrons. The van der Waals surface area contributed by atoms with Gasteiger partial charge in [-0.05, 0) is 68.4 Å². The molecule has 3 aliphatic rings.